The Morgan fingerprint density at radius 3 is 1.72 bits per heavy atom. The van der Waals surface area contributed by atoms with Crippen molar-refractivity contribution in [1.29, 1.82) is 0 Å². The molecule has 1 unspecified atom stereocenters. The van der Waals surface area contributed by atoms with Gasteiger partial charge >= 0.3 is 0 Å². The minimum absolute atomic E-state index is 0.260. The van der Waals surface area contributed by atoms with Gasteiger partial charge in [-0.05, 0) is 49.2 Å². The van der Waals surface area contributed by atoms with Gasteiger partial charge in [0.05, 0.1) is 15.9 Å². The highest BCUT2D eigenvalue weighted by Gasteiger charge is 2.17. The zero-order chi connectivity index (χ0) is 22.4. The third kappa shape index (κ3) is 7.47. The lowest BCUT2D eigenvalue weighted by molar-refractivity contribution is 0.195. The molecule has 1 atom stereocenters. The van der Waals surface area contributed by atoms with Gasteiger partial charge in [-0.1, -0.05) is 34.1 Å². The maximum atomic E-state index is 11.8. The van der Waals surface area contributed by atoms with E-state index in [9.17, 15) is 21.9 Å². The van der Waals surface area contributed by atoms with Crippen LogP contribution in [0.4, 0.5) is 0 Å². The molecule has 162 valence electrons. The van der Waals surface area contributed by atoms with E-state index in [1.54, 1.807) is 55.5 Å². The summed E-state index contributed by atoms with van der Waals surface area (Å²) in [5, 5.41) is 9.25. The van der Waals surface area contributed by atoms with Crippen molar-refractivity contribution < 1.29 is 21.9 Å². The lowest BCUT2D eigenvalue weighted by Gasteiger charge is -2.12. The van der Waals surface area contributed by atoms with Gasteiger partial charge in [0.1, 0.15) is 0 Å². The summed E-state index contributed by atoms with van der Waals surface area (Å²) in [6.45, 7) is 1.67. The predicted molar refractivity (Wildman–Crippen MR) is 118 cm³/mol. The quantitative estimate of drug-likeness (QED) is 0.649. The van der Waals surface area contributed by atoms with Crippen LogP contribution in [0.5, 0.6) is 0 Å². The second kappa shape index (κ2) is 10.6. The summed E-state index contributed by atoms with van der Waals surface area (Å²) in [6.07, 6.45) is -0.0196. The molecule has 2 aromatic rings. The number of benzene rings is 2. The molecule has 2 rings (SSSR count). The van der Waals surface area contributed by atoms with Gasteiger partial charge in [0.15, 0.2) is 0 Å². The van der Waals surface area contributed by atoms with Crippen molar-refractivity contribution in [2.24, 2.45) is 0 Å². The third-order valence-electron chi connectivity index (χ3n) is 3.78. The normalized spacial score (nSPS) is 13.1. The first-order valence-electron chi connectivity index (χ1n) is 8.66. The van der Waals surface area contributed by atoms with Gasteiger partial charge in [0.25, 0.3) is 0 Å². The number of aliphatic hydroxyl groups is 1. The van der Waals surface area contributed by atoms with Crippen molar-refractivity contribution in [2.45, 2.75) is 29.2 Å². The van der Waals surface area contributed by atoms with Crippen LogP contribution in [-0.4, -0.2) is 64.8 Å². The fourth-order valence-corrected chi connectivity index (χ4v) is 4.69. The first kappa shape index (κ1) is 25.7. The molecule has 0 aliphatic carbocycles. The first-order valence-corrected chi connectivity index (χ1v) is 12.3. The molecular formula is C19H27BrN2O5S2. The summed E-state index contributed by atoms with van der Waals surface area (Å²) in [5.74, 6) is 0. The number of sulfonamides is 2. The number of hydrogen-bond donors (Lipinski definition) is 1. The lowest BCUT2D eigenvalue weighted by Crippen LogP contribution is -2.22. The molecule has 0 aliphatic heterocycles. The summed E-state index contributed by atoms with van der Waals surface area (Å²) < 4.78 is 50.0. The molecule has 10 heteroatoms. The van der Waals surface area contributed by atoms with E-state index in [0.29, 0.717) is 11.3 Å². The highest BCUT2D eigenvalue weighted by Crippen LogP contribution is 2.18. The number of hydrogen-bond acceptors (Lipinski definition) is 5. The third-order valence-corrected chi connectivity index (χ3v) is 7.90. The zero-order valence-corrected chi connectivity index (χ0v) is 20.3. The average Bonchev–Trinajstić information content (AvgIpc) is 2.61. The standard InChI is InChI=1S/C11H17NO3S.C8H10BrNO2S/c1-9(13)7-10-5-4-6-11(8-10)16(14,15)12(2)3;1-10(2)13(11,12)8-5-3-4-7(9)6-8/h4-6,8-9,13H,7H2,1-3H3;3-6H,1-2H3. The number of halogens is 1. The van der Waals surface area contributed by atoms with Gasteiger partial charge in [-0.15, -0.1) is 0 Å². The van der Waals surface area contributed by atoms with Crippen molar-refractivity contribution in [3.05, 3.63) is 58.6 Å². The Kier molecular flexibility index (Phi) is 9.45. The fraction of sp³-hybridized carbons (Fsp3) is 0.368. The Hall–Kier alpha value is -1.30. The summed E-state index contributed by atoms with van der Waals surface area (Å²) in [6, 6.07) is 13.3. The van der Waals surface area contributed by atoms with Crippen LogP contribution in [0, 0.1) is 0 Å². The van der Waals surface area contributed by atoms with E-state index < -0.39 is 26.2 Å². The Balaban J connectivity index is 0.000000296. The molecule has 0 amide bonds. The monoisotopic (exact) mass is 506 g/mol. The maximum absolute atomic E-state index is 11.8. The summed E-state index contributed by atoms with van der Waals surface area (Å²) in [7, 11) is -0.666. The van der Waals surface area contributed by atoms with Crippen LogP contribution >= 0.6 is 15.9 Å². The molecule has 0 fully saturated rings. The molecule has 0 aromatic heterocycles. The van der Waals surface area contributed by atoms with Crippen LogP contribution in [0.25, 0.3) is 0 Å². The predicted octanol–water partition coefficient (Wildman–Crippen LogP) is 2.56. The zero-order valence-electron chi connectivity index (χ0n) is 17.1. The van der Waals surface area contributed by atoms with Gasteiger partial charge in [0, 0.05) is 32.7 Å². The van der Waals surface area contributed by atoms with Crippen LogP contribution in [0.1, 0.15) is 12.5 Å². The number of rotatable bonds is 6. The van der Waals surface area contributed by atoms with Crippen LogP contribution < -0.4 is 0 Å². The van der Waals surface area contributed by atoms with Gasteiger partial charge in [-0.2, -0.15) is 0 Å². The molecule has 0 radical (unpaired) electrons. The van der Waals surface area contributed by atoms with E-state index in [2.05, 4.69) is 15.9 Å². The number of nitrogens with zero attached hydrogens (tertiary/aromatic N) is 2. The van der Waals surface area contributed by atoms with Gasteiger partial charge < -0.3 is 5.11 Å². The first-order chi connectivity index (χ1) is 13.3. The van der Waals surface area contributed by atoms with Gasteiger partial charge in [-0.25, -0.2) is 25.4 Å². The Morgan fingerprint density at radius 2 is 1.31 bits per heavy atom. The molecule has 0 aliphatic rings. The summed E-state index contributed by atoms with van der Waals surface area (Å²) in [4.78, 5) is 0.558. The second-order valence-corrected chi connectivity index (χ2v) is 12.0. The van der Waals surface area contributed by atoms with Crippen molar-refractivity contribution in [3.8, 4) is 0 Å². The minimum atomic E-state index is -3.38. The van der Waals surface area contributed by atoms with Crippen LogP contribution in [0.15, 0.2) is 62.8 Å². The highest BCUT2D eigenvalue weighted by atomic mass is 79.9. The van der Waals surface area contributed by atoms with Gasteiger partial charge in [-0.3, -0.25) is 0 Å². The Labute approximate surface area is 182 Å². The largest absolute Gasteiger partial charge is 0.393 e. The van der Waals surface area contributed by atoms with E-state index in [-0.39, 0.29) is 4.90 Å². The van der Waals surface area contributed by atoms with Crippen molar-refractivity contribution >= 4 is 36.0 Å². The van der Waals surface area contributed by atoms with E-state index in [1.165, 1.54) is 36.8 Å². The van der Waals surface area contributed by atoms with E-state index >= 15 is 0 Å². The molecule has 0 spiro atoms. The van der Waals surface area contributed by atoms with E-state index in [4.69, 9.17) is 0 Å². The van der Waals surface area contributed by atoms with E-state index in [0.717, 1.165) is 10.0 Å². The molecule has 0 bridgehead atoms. The van der Waals surface area contributed by atoms with E-state index in [1.807, 2.05) is 0 Å². The van der Waals surface area contributed by atoms with Crippen molar-refractivity contribution in [1.82, 2.24) is 8.61 Å². The van der Waals surface area contributed by atoms with Crippen LogP contribution in [-0.2, 0) is 26.5 Å². The topological polar surface area (TPSA) is 95.0 Å². The molecular weight excluding hydrogens is 480 g/mol. The Bertz CT molecular complexity index is 1020. The molecule has 7 nitrogen and oxygen atoms in total. The average molecular weight is 507 g/mol. The number of aliphatic hydroxyl groups excluding tert-OH is 1. The van der Waals surface area contributed by atoms with Crippen LogP contribution in [0.3, 0.4) is 0 Å². The molecule has 1 N–H and O–H groups in total. The SMILES string of the molecule is CC(O)Cc1cccc(S(=O)(=O)N(C)C)c1.CN(C)S(=O)(=O)c1cccc(Br)c1. The molecule has 29 heavy (non-hydrogen) atoms. The van der Waals surface area contributed by atoms with Crippen molar-refractivity contribution in [3.63, 3.8) is 0 Å². The summed E-state index contributed by atoms with van der Waals surface area (Å²) in [5.41, 5.74) is 0.818. The molecule has 0 heterocycles. The second-order valence-electron chi connectivity index (χ2n) is 6.73. The Morgan fingerprint density at radius 1 is 0.862 bits per heavy atom. The van der Waals surface area contributed by atoms with Crippen LogP contribution in [0.2, 0.25) is 0 Å². The smallest absolute Gasteiger partial charge is 0.242 e. The highest BCUT2D eigenvalue weighted by molar-refractivity contribution is 9.10. The molecule has 0 saturated heterocycles. The summed E-state index contributed by atoms with van der Waals surface area (Å²) >= 11 is 3.22. The lowest BCUT2D eigenvalue weighted by atomic mass is 10.1. The maximum Gasteiger partial charge on any atom is 0.242 e. The minimum Gasteiger partial charge on any atom is -0.393 e. The fourth-order valence-electron chi connectivity index (χ4n) is 2.22. The molecule has 0 saturated carbocycles. The van der Waals surface area contributed by atoms with Gasteiger partial charge in [0.2, 0.25) is 20.0 Å². The molecule has 2 aromatic carbocycles. The van der Waals surface area contributed by atoms with Crippen molar-refractivity contribution in [2.75, 3.05) is 28.2 Å².